The number of anilines is 1. The average molecular weight is 368 g/mol. The highest BCUT2D eigenvalue weighted by molar-refractivity contribution is 6.31. The predicted octanol–water partition coefficient (Wildman–Crippen LogP) is 3.19. The second kappa shape index (κ2) is 7.39. The number of likely N-dealkylation sites (tertiary alicyclic amines) is 1. The average Bonchev–Trinajstić information content (AvgIpc) is 2.93. The van der Waals surface area contributed by atoms with Gasteiger partial charge in [0.1, 0.15) is 11.9 Å². The highest BCUT2D eigenvalue weighted by Gasteiger charge is 2.36. The first-order chi connectivity index (χ1) is 12.0. The third kappa shape index (κ3) is 3.92. The van der Waals surface area contributed by atoms with Gasteiger partial charge in [0.15, 0.2) is 0 Å². The predicted molar refractivity (Wildman–Crippen MR) is 94.3 cm³/mol. The lowest BCUT2D eigenvalue weighted by atomic mass is 10.0. The second-order valence-corrected chi connectivity index (χ2v) is 6.78. The number of methoxy groups -OCH3 is 1. The van der Waals surface area contributed by atoms with Gasteiger partial charge in [0, 0.05) is 24.2 Å². The van der Waals surface area contributed by atoms with Crippen molar-refractivity contribution in [1.82, 2.24) is 9.80 Å². The molecular weight excluding hydrogens is 346 g/mol. The van der Waals surface area contributed by atoms with Crippen molar-refractivity contribution in [1.29, 1.82) is 0 Å². The van der Waals surface area contributed by atoms with E-state index in [0.29, 0.717) is 36.1 Å². The van der Waals surface area contributed by atoms with E-state index in [1.807, 2.05) is 6.92 Å². The zero-order valence-corrected chi connectivity index (χ0v) is 15.1. The lowest BCUT2D eigenvalue weighted by Gasteiger charge is -2.35. The van der Waals surface area contributed by atoms with E-state index in [0.717, 1.165) is 12.8 Å². The minimum atomic E-state index is -0.251. The summed E-state index contributed by atoms with van der Waals surface area (Å²) in [6, 6.07) is 5.01. The van der Waals surface area contributed by atoms with Crippen molar-refractivity contribution in [2.24, 2.45) is 0 Å². The number of carbonyl (C=O) groups excluding carboxylic acids is 2. The maximum absolute atomic E-state index is 12.5. The molecule has 136 valence electrons. The first-order valence-corrected chi connectivity index (χ1v) is 8.72. The minimum Gasteiger partial charge on any atom is -0.495 e. The largest absolute Gasteiger partial charge is 0.495 e. The van der Waals surface area contributed by atoms with Crippen molar-refractivity contribution in [3.63, 3.8) is 0 Å². The number of nitrogens with zero attached hydrogens (tertiary/aromatic N) is 2. The molecule has 2 aliphatic rings. The molecule has 1 aromatic carbocycles. The highest BCUT2D eigenvalue weighted by atomic mass is 35.5. The number of nitrogens with one attached hydrogen (secondary N) is 1. The normalized spacial score (nSPS) is 21.2. The molecule has 7 nitrogen and oxygen atoms in total. The minimum absolute atomic E-state index is 0.0656. The highest BCUT2D eigenvalue weighted by Crippen LogP contribution is 2.28. The molecule has 2 aliphatic heterocycles. The van der Waals surface area contributed by atoms with Crippen LogP contribution >= 0.6 is 11.6 Å². The van der Waals surface area contributed by atoms with Crippen LogP contribution < -0.4 is 10.1 Å². The van der Waals surface area contributed by atoms with E-state index in [-0.39, 0.29) is 24.3 Å². The first kappa shape index (κ1) is 17.7. The van der Waals surface area contributed by atoms with Crippen LogP contribution in [-0.4, -0.2) is 60.8 Å². The fourth-order valence-corrected chi connectivity index (χ4v) is 3.45. The number of cyclic esters (lactones) is 1. The Morgan fingerprint density at radius 1 is 1.36 bits per heavy atom. The number of hydrogen-bond acceptors (Lipinski definition) is 4. The number of amides is 3. The van der Waals surface area contributed by atoms with Crippen molar-refractivity contribution < 1.29 is 19.1 Å². The molecule has 0 aliphatic carbocycles. The molecule has 1 unspecified atom stereocenters. The van der Waals surface area contributed by atoms with E-state index in [2.05, 4.69) is 5.32 Å². The van der Waals surface area contributed by atoms with Gasteiger partial charge in [-0.25, -0.2) is 9.59 Å². The monoisotopic (exact) mass is 367 g/mol. The van der Waals surface area contributed by atoms with Crippen LogP contribution in [0.3, 0.4) is 0 Å². The summed E-state index contributed by atoms with van der Waals surface area (Å²) in [6.07, 6.45) is 1.16. The zero-order chi connectivity index (χ0) is 18.0. The molecule has 0 aromatic heterocycles. The number of carbonyl (C=O) groups is 2. The molecule has 0 saturated carbocycles. The van der Waals surface area contributed by atoms with Gasteiger partial charge in [-0.1, -0.05) is 11.6 Å². The number of piperidine rings is 1. The fourth-order valence-electron chi connectivity index (χ4n) is 3.28. The third-order valence-corrected chi connectivity index (χ3v) is 4.82. The van der Waals surface area contributed by atoms with Gasteiger partial charge in [-0.15, -0.1) is 0 Å². The molecule has 0 spiro atoms. The van der Waals surface area contributed by atoms with E-state index in [9.17, 15) is 9.59 Å². The first-order valence-electron chi connectivity index (χ1n) is 8.34. The van der Waals surface area contributed by atoms with Crippen molar-refractivity contribution in [3.05, 3.63) is 23.2 Å². The van der Waals surface area contributed by atoms with E-state index >= 15 is 0 Å². The van der Waals surface area contributed by atoms with Crippen LogP contribution in [0, 0.1) is 0 Å². The zero-order valence-electron chi connectivity index (χ0n) is 14.3. The number of urea groups is 1. The molecular formula is C17H22ClN3O4. The SMILES string of the molecule is COc1ccc(Cl)cc1NC(=O)N1CCC(N2CC(C)OC2=O)CC1. The Kier molecular flexibility index (Phi) is 5.22. The van der Waals surface area contributed by atoms with Crippen LogP contribution in [0.2, 0.25) is 5.02 Å². The van der Waals surface area contributed by atoms with Crippen LogP contribution in [0.15, 0.2) is 18.2 Å². The standard InChI is InChI=1S/C17H22ClN3O4/c1-11-10-21(17(23)25-11)13-5-7-20(8-6-13)16(22)19-14-9-12(18)3-4-15(14)24-2/h3-4,9,11,13H,5-8,10H2,1-2H3,(H,19,22). The van der Waals surface area contributed by atoms with Gasteiger partial charge in [0.25, 0.3) is 0 Å². The molecule has 1 atom stereocenters. The quantitative estimate of drug-likeness (QED) is 0.890. The molecule has 0 radical (unpaired) electrons. The maximum atomic E-state index is 12.5. The summed E-state index contributed by atoms with van der Waals surface area (Å²) in [5.74, 6) is 0.557. The number of ether oxygens (including phenoxy) is 2. The maximum Gasteiger partial charge on any atom is 0.410 e. The lowest BCUT2D eigenvalue weighted by Crippen LogP contribution is -2.48. The van der Waals surface area contributed by atoms with E-state index in [4.69, 9.17) is 21.1 Å². The molecule has 1 aromatic rings. The Labute approximate surface area is 151 Å². The summed E-state index contributed by atoms with van der Waals surface area (Å²) in [5, 5.41) is 3.37. The molecule has 2 fully saturated rings. The van der Waals surface area contributed by atoms with Crippen molar-refractivity contribution in [2.75, 3.05) is 32.1 Å². The summed E-state index contributed by atoms with van der Waals surface area (Å²) >= 11 is 5.99. The summed E-state index contributed by atoms with van der Waals surface area (Å²) in [7, 11) is 1.54. The van der Waals surface area contributed by atoms with Crippen LogP contribution in [0.1, 0.15) is 19.8 Å². The van der Waals surface area contributed by atoms with Gasteiger partial charge >= 0.3 is 12.1 Å². The van der Waals surface area contributed by atoms with Gasteiger partial charge in [-0.05, 0) is 38.0 Å². The van der Waals surface area contributed by atoms with Gasteiger partial charge in [0.2, 0.25) is 0 Å². The topological polar surface area (TPSA) is 71.1 Å². The molecule has 25 heavy (non-hydrogen) atoms. The number of halogens is 1. The third-order valence-electron chi connectivity index (χ3n) is 4.59. The number of rotatable bonds is 3. The molecule has 8 heteroatoms. The smallest absolute Gasteiger partial charge is 0.410 e. The van der Waals surface area contributed by atoms with E-state index in [1.165, 1.54) is 0 Å². The summed E-state index contributed by atoms with van der Waals surface area (Å²) in [4.78, 5) is 27.8. The molecule has 0 bridgehead atoms. The lowest BCUT2D eigenvalue weighted by molar-refractivity contribution is 0.119. The van der Waals surface area contributed by atoms with Gasteiger partial charge in [-0.2, -0.15) is 0 Å². The Bertz CT molecular complexity index is 661. The summed E-state index contributed by atoms with van der Waals surface area (Å²) < 4.78 is 10.4. The van der Waals surface area contributed by atoms with Gasteiger partial charge in [-0.3, -0.25) is 0 Å². The van der Waals surface area contributed by atoms with Crippen LogP contribution in [-0.2, 0) is 4.74 Å². The van der Waals surface area contributed by atoms with Crippen LogP contribution in [0.4, 0.5) is 15.3 Å². The van der Waals surface area contributed by atoms with Crippen molar-refractivity contribution >= 4 is 29.4 Å². The van der Waals surface area contributed by atoms with Crippen molar-refractivity contribution in [2.45, 2.75) is 31.9 Å². The molecule has 2 heterocycles. The van der Waals surface area contributed by atoms with Gasteiger partial charge < -0.3 is 24.6 Å². The Morgan fingerprint density at radius 3 is 2.68 bits per heavy atom. The van der Waals surface area contributed by atoms with E-state index < -0.39 is 0 Å². The molecule has 3 rings (SSSR count). The van der Waals surface area contributed by atoms with E-state index in [1.54, 1.807) is 35.1 Å². The fraction of sp³-hybridized carbons (Fsp3) is 0.529. The van der Waals surface area contributed by atoms with Crippen molar-refractivity contribution in [3.8, 4) is 5.75 Å². The van der Waals surface area contributed by atoms with Crippen LogP contribution in [0.5, 0.6) is 5.75 Å². The summed E-state index contributed by atoms with van der Waals surface area (Å²) in [5.41, 5.74) is 0.541. The summed E-state index contributed by atoms with van der Waals surface area (Å²) in [6.45, 7) is 3.67. The Balaban J connectivity index is 1.57. The van der Waals surface area contributed by atoms with Crippen LogP contribution in [0.25, 0.3) is 0 Å². The molecule has 1 N–H and O–H groups in total. The Hall–Kier alpha value is -2.15. The number of hydrogen-bond donors (Lipinski definition) is 1. The molecule has 2 saturated heterocycles. The van der Waals surface area contributed by atoms with Gasteiger partial charge in [0.05, 0.1) is 19.3 Å². The molecule has 3 amide bonds. The number of benzene rings is 1. The second-order valence-electron chi connectivity index (χ2n) is 6.34. The Morgan fingerprint density at radius 2 is 2.08 bits per heavy atom.